The molecule has 2 aliphatic rings. The van der Waals surface area contributed by atoms with E-state index in [4.69, 9.17) is 0 Å². The molecule has 0 spiro atoms. The molecule has 0 saturated carbocycles. The quantitative estimate of drug-likeness (QED) is 0.676. The molecule has 27 heavy (non-hydrogen) atoms. The van der Waals surface area contributed by atoms with Gasteiger partial charge >= 0.3 is 0 Å². The number of anilines is 1. The average molecular weight is 362 g/mol. The Balaban J connectivity index is 1.76. The molecular formula is C23H26N2O2. The molecule has 1 heterocycles. The third-order valence-corrected chi connectivity index (χ3v) is 5.38. The summed E-state index contributed by atoms with van der Waals surface area (Å²) in [5.74, 6) is 0.906. The van der Waals surface area contributed by atoms with Gasteiger partial charge in [-0.1, -0.05) is 36.4 Å². The number of rotatable bonds is 2. The first-order valence-corrected chi connectivity index (χ1v) is 9.51. The second-order valence-electron chi connectivity index (χ2n) is 8.54. The maximum atomic E-state index is 12.9. The number of hydrogen-bond acceptors (Lipinski definition) is 3. The van der Waals surface area contributed by atoms with E-state index < -0.39 is 0 Å². The van der Waals surface area contributed by atoms with E-state index in [1.807, 2.05) is 45.0 Å². The number of fused-ring (bicyclic) bond motifs is 3. The van der Waals surface area contributed by atoms with Gasteiger partial charge in [0.25, 0.3) is 5.91 Å². The van der Waals surface area contributed by atoms with E-state index in [2.05, 4.69) is 28.9 Å². The van der Waals surface area contributed by atoms with Crippen LogP contribution in [-0.4, -0.2) is 16.6 Å². The minimum Gasteiger partial charge on any atom is -0.508 e. The maximum absolute atomic E-state index is 12.9. The van der Waals surface area contributed by atoms with Gasteiger partial charge in [-0.3, -0.25) is 4.79 Å². The number of amides is 1. The number of aromatic hydroxyl groups is 1. The van der Waals surface area contributed by atoms with E-state index in [1.54, 1.807) is 12.1 Å². The van der Waals surface area contributed by atoms with E-state index in [0.29, 0.717) is 17.4 Å². The largest absolute Gasteiger partial charge is 0.508 e. The Kier molecular flexibility index (Phi) is 4.22. The minimum absolute atomic E-state index is 0.0586. The Morgan fingerprint density at radius 1 is 1.15 bits per heavy atom. The Morgan fingerprint density at radius 2 is 1.89 bits per heavy atom. The van der Waals surface area contributed by atoms with Crippen LogP contribution in [-0.2, 0) is 0 Å². The molecule has 0 saturated heterocycles. The first-order valence-electron chi connectivity index (χ1n) is 9.51. The van der Waals surface area contributed by atoms with Gasteiger partial charge in [-0.05, 0) is 62.4 Å². The Bertz CT molecular complexity index is 894. The third-order valence-electron chi connectivity index (χ3n) is 5.38. The van der Waals surface area contributed by atoms with E-state index in [-0.39, 0.29) is 23.2 Å². The van der Waals surface area contributed by atoms with Gasteiger partial charge in [-0.2, -0.15) is 0 Å². The third kappa shape index (κ3) is 3.32. The normalized spacial score (nSPS) is 23.3. The van der Waals surface area contributed by atoms with Gasteiger partial charge in [0.1, 0.15) is 5.75 Å². The number of nitrogens with one attached hydrogen (secondary N) is 2. The molecular weight excluding hydrogens is 336 g/mol. The zero-order valence-electron chi connectivity index (χ0n) is 16.0. The Labute approximate surface area is 160 Å². The number of carbonyl (C=O) groups is 1. The second kappa shape index (κ2) is 6.45. The van der Waals surface area contributed by atoms with Crippen molar-refractivity contribution < 1.29 is 9.90 Å². The molecule has 2 aromatic carbocycles. The molecule has 0 aromatic heterocycles. The van der Waals surface area contributed by atoms with Crippen LogP contribution in [0, 0.1) is 5.92 Å². The van der Waals surface area contributed by atoms with Gasteiger partial charge in [0.2, 0.25) is 0 Å². The molecule has 0 fully saturated rings. The fourth-order valence-corrected chi connectivity index (χ4v) is 4.23. The van der Waals surface area contributed by atoms with Crippen molar-refractivity contribution in [3.63, 3.8) is 0 Å². The summed E-state index contributed by atoms with van der Waals surface area (Å²) in [6, 6.07) is 13.5. The standard InChI is InChI=1S/C23H26N2O2/c1-23(2,3)25-22(27)19-9-5-8-18-16-6-4-7-17(16)20(24-21(18)19)14-10-12-15(26)13-11-14/h4-6,8-13,16-17,20,24,26H,7H2,1-3H3,(H,25,27). The Hall–Kier alpha value is -2.75. The van der Waals surface area contributed by atoms with Crippen LogP contribution in [0.25, 0.3) is 0 Å². The van der Waals surface area contributed by atoms with Gasteiger partial charge in [0.15, 0.2) is 0 Å². The van der Waals surface area contributed by atoms with E-state index >= 15 is 0 Å². The first kappa shape index (κ1) is 17.7. The molecule has 0 radical (unpaired) electrons. The number of benzene rings is 2. The fourth-order valence-electron chi connectivity index (χ4n) is 4.23. The molecule has 4 heteroatoms. The lowest BCUT2D eigenvalue weighted by Gasteiger charge is -2.38. The second-order valence-corrected chi connectivity index (χ2v) is 8.54. The predicted octanol–water partition coefficient (Wildman–Crippen LogP) is 4.75. The van der Waals surface area contributed by atoms with Crippen LogP contribution in [0.3, 0.4) is 0 Å². The van der Waals surface area contributed by atoms with Crippen molar-refractivity contribution in [3.8, 4) is 5.75 Å². The van der Waals surface area contributed by atoms with Gasteiger partial charge in [-0.15, -0.1) is 0 Å². The van der Waals surface area contributed by atoms with Crippen molar-refractivity contribution in [1.29, 1.82) is 0 Å². The van der Waals surface area contributed by atoms with Crippen LogP contribution < -0.4 is 10.6 Å². The van der Waals surface area contributed by atoms with Crippen LogP contribution in [0.4, 0.5) is 5.69 Å². The van der Waals surface area contributed by atoms with Crippen LogP contribution in [0.15, 0.2) is 54.6 Å². The van der Waals surface area contributed by atoms with Crippen molar-refractivity contribution in [2.75, 3.05) is 5.32 Å². The number of phenolic OH excluding ortho intramolecular Hbond substituents is 1. The molecule has 2 aromatic rings. The SMILES string of the molecule is CC(C)(C)NC(=O)c1cccc2c1NC(c1ccc(O)cc1)C1CC=CC21. The molecule has 3 unspecified atom stereocenters. The van der Waals surface area contributed by atoms with Gasteiger partial charge < -0.3 is 15.7 Å². The lowest BCUT2D eigenvalue weighted by molar-refractivity contribution is 0.0920. The zero-order chi connectivity index (χ0) is 19.2. The van der Waals surface area contributed by atoms with Crippen molar-refractivity contribution in [1.82, 2.24) is 5.32 Å². The summed E-state index contributed by atoms with van der Waals surface area (Å²) in [6.07, 6.45) is 5.51. The fraction of sp³-hybridized carbons (Fsp3) is 0.348. The number of carbonyl (C=O) groups excluding carboxylic acids is 1. The predicted molar refractivity (Wildman–Crippen MR) is 108 cm³/mol. The van der Waals surface area contributed by atoms with Crippen molar-refractivity contribution in [2.45, 2.75) is 44.7 Å². The molecule has 4 rings (SSSR count). The molecule has 1 aliphatic carbocycles. The van der Waals surface area contributed by atoms with Crippen LogP contribution in [0.1, 0.15) is 60.6 Å². The molecule has 0 bridgehead atoms. The van der Waals surface area contributed by atoms with Gasteiger partial charge in [-0.25, -0.2) is 0 Å². The van der Waals surface area contributed by atoms with Gasteiger partial charge in [0.05, 0.1) is 17.3 Å². The highest BCUT2D eigenvalue weighted by Crippen LogP contribution is 2.50. The summed E-state index contributed by atoms with van der Waals surface area (Å²) in [5, 5.41) is 16.4. The van der Waals surface area contributed by atoms with Crippen LogP contribution in [0.2, 0.25) is 0 Å². The minimum atomic E-state index is -0.291. The maximum Gasteiger partial charge on any atom is 0.253 e. The molecule has 3 N–H and O–H groups in total. The highest BCUT2D eigenvalue weighted by molar-refractivity contribution is 6.01. The summed E-state index contributed by atoms with van der Waals surface area (Å²) >= 11 is 0. The summed E-state index contributed by atoms with van der Waals surface area (Å²) in [7, 11) is 0. The molecule has 3 atom stereocenters. The number of hydrogen-bond donors (Lipinski definition) is 3. The topological polar surface area (TPSA) is 61.4 Å². The highest BCUT2D eigenvalue weighted by Gasteiger charge is 2.39. The van der Waals surface area contributed by atoms with Crippen molar-refractivity contribution >= 4 is 11.6 Å². The number of phenols is 1. The smallest absolute Gasteiger partial charge is 0.253 e. The summed E-state index contributed by atoms with van der Waals surface area (Å²) in [4.78, 5) is 12.9. The van der Waals surface area contributed by atoms with Gasteiger partial charge in [0, 0.05) is 11.5 Å². The van der Waals surface area contributed by atoms with Crippen molar-refractivity contribution in [3.05, 3.63) is 71.3 Å². The Morgan fingerprint density at radius 3 is 2.59 bits per heavy atom. The lowest BCUT2D eigenvalue weighted by atomic mass is 9.76. The van der Waals surface area contributed by atoms with Crippen LogP contribution in [0.5, 0.6) is 5.75 Å². The molecule has 4 nitrogen and oxygen atoms in total. The van der Waals surface area contributed by atoms with E-state index in [0.717, 1.165) is 17.7 Å². The lowest BCUT2D eigenvalue weighted by Crippen LogP contribution is -2.41. The number of allylic oxidation sites excluding steroid dienone is 2. The van der Waals surface area contributed by atoms with Crippen molar-refractivity contribution in [2.24, 2.45) is 5.92 Å². The van der Waals surface area contributed by atoms with Crippen LogP contribution >= 0.6 is 0 Å². The highest BCUT2D eigenvalue weighted by atomic mass is 16.3. The molecule has 1 amide bonds. The summed E-state index contributed by atoms with van der Waals surface area (Å²) in [5.41, 5.74) is 3.63. The average Bonchev–Trinajstić information content (AvgIpc) is 3.10. The van der Waals surface area contributed by atoms with E-state index in [9.17, 15) is 9.90 Å². The monoisotopic (exact) mass is 362 g/mol. The summed E-state index contributed by atoms with van der Waals surface area (Å²) < 4.78 is 0. The molecule has 140 valence electrons. The first-order chi connectivity index (χ1) is 12.8. The van der Waals surface area contributed by atoms with E-state index in [1.165, 1.54) is 5.56 Å². The zero-order valence-corrected chi connectivity index (χ0v) is 16.0. The number of para-hydroxylation sites is 1. The summed E-state index contributed by atoms with van der Waals surface area (Å²) in [6.45, 7) is 5.97. The molecule has 1 aliphatic heterocycles.